The number of benzene rings is 9. The Morgan fingerprint density at radius 1 is 0.322 bits per heavy atom. The van der Waals surface area contributed by atoms with Crippen LogP contribution in [0.1, 0.15) is 47.2 Å². The first-order valence-corrected chi connectivity index (χ1v) is 20.7. The van der Waals surface area contributed by atoms with Crippen molar-refractivity contribution < 1.29 is 0 Å². The molecule has 0 radical (unpaired) electrons. The average molecular weight is 754 g/mol. The Kier molecular flexibility index (Phi) is 8.13. The van der Waals surface area contributed by atoms with Gasteiger partial charge in [0.05, 0.1) is 11.1 Å². The van der Waals surface area contributed by atoms with Gasteiger partial charge in [-0.05, 0) is 114 Å². The first kappa shape index (κ1) is 35.0. The fraction of sp³-hybridized carbons (Fsp3) is 0.0690. The van der Waals surface area contributed by atoms with Crippen LogP contribution in [0.25, 0.3) is 44.5 Å². The van der Waals surface area contributed by atoms with Crippen molar-refractivity contribution in [2.75, 3.05) is 4.90 Å². The summed E-state index contributed by atoms with van der Waals surface area (Å²) < 4.78 is 0. The summed E-state index contributed by atoms with van der Waals surface area (Å²) in [5.74, 6) is 0. The zero-order valence-corrected chi connectivity index (χ0v) is 33.3. The Morgan fingerprint density at radius 2 is 0.797 bits per heavy atom. The van der Waals surface area contributed by atoms with Gasteiger partial charge in [-0.25, -0.2) is 0 Å². The van der Waals surface area contributed by atoms with Crippen molar-refractivity contribution in [3.63, 3.8) is 0 Å². The van der Waals surface area contributed by atoms with E-state index in [1.54, 1.807) is 0 Å². The van der Waals surface area contributed by atoms with E-state index < -0.39 is 5.41 Å². The summed E-state index contributed by atoms with van der Waals surface area (Å²) in [6.45, 7) is 4.77. The maximum Gasteiger partial charge on any atom is 0.0714 e. The molecule has 0 fully saturated rings. The third-order valence-electron chi connectivity index (χ3n) is 12.9. The van der Waals surface area contributed by atoms with E-state index in [0.717, 1.165) is 11.4 Å². The lowest BCUT2D eigenvalue weighted by Crippen LogP contribution is -2.29. The normalized spacial score (nSPS) is 13.9. The molecule has 59 heavy (non-hydrogen) atoms. The third kappa shape index (κ3) is 5.39. The lowest BCUT2D eigenvalue weighted by atomic mass is 9.67. The van der Waals surface area contributed by atoms with Gasteiger partial charge in [-0.15, -0.1) is 0 Å². The highest BCUT2D eigenvalue weighted by Gasteiger charge is 2.46. The molecule has 1 heteroatoms. The van der Waals surface area contributed by atoms with Crippen LogP contribution < -0.4 is 4.90 Å². The van der Waals surface area contributed by atoms with Crippen LogP contribution in [-0.2, 0) is 10.8 Å². The highest BCUT2D eigenvalue weighted by Crippen LogP contribution is 2.58. The largest absolute Gasteiger partial charge is 0.310 e. The van der Waals surface area contributed by atoms with Gasteiger partial charge in [-0.3, -0.25) is 0 Å². The van der Waals surface area contributed by atoms with Gasteiger partial charge in [0.2, 0.25) is 0 Å². The number of hydrogen-bond acceptors (Lipinski definition) is 1. The SMILES string of the molecule is CC1(C)c2ccccc2-c2cccc(N(c3ccc(-c4cccc(-c5ccccc5)c4)cc3)c3cccc(C4(c5ccccc5)c5ccccc5-c5ccccc54)c3)c21. The Morgan fingerprint density at radius 3 is 1.46 bits per heavy atom. The summed E-state index contributed by atoms with van der Waals surface area (Å²) in [6, 6.07) is 82.9. The second-order valence-corrected chi connectivity index (χ2v) is 16.5. The van der Waals surface area contributed by atoms with Crippen LogP contribution in [0.2, 0.25) is 0 Å². The van der Waals surface area contributed by atoms with E-state index in [4.69, 9.17) is 0 Å². The zero-order valence-electron chi connectivity index (χ0n) is 33.3. The van der Waals surface area contributed by atoms with E-state index >= 15 is 0 Å². The van der Waals surface area contributed by atoms with E-state index in [-0.39, 0.29) is 5.41 Å². The first-order valence-electron chi connectivity index (χ1n) is 20.7. The molecular weight excluding hydrogens is 711 g/mol. The van der Waals surface area contributed by atoms with Crippen molar-refractivity contribution in [1.82, 2.24) is 0 Å². The number of nitrogens with zero attached hydrogens (tertiary/aromatic N) is 1. The van der Waals surface area contributed by atoms with Crippen LogP contribution in [0, 0.1) is 0 Å². The topological polar surface area (TPSA) is 3.24 Å². The first-order chi connectivity index (χ1) is 29.0. The molecule has 9 aromatic rings. The minimum absolute atomic E-state index is 0.204. The van der Waals surface area contributed by atoms with Crippen LogP contribution in [0.5, 0.6) is 0 Å². The predicted octanol–water partition coefficient (Wildman–Crippen LogP) is 15.2. The summed E-state index contributed by atoms with van der Waals surface area (Å²) in [7, 11) is 0. The fourth-order valence-electron chi connectivity index (χ4n) is 10.3. The standard InChI is InChI=1S/C58H43N/c1-57(2)52-30-12-9-28-50(52)51-29-17-33-55(56(51)57)59(46-36-34-41(35-37-46)43-21-15-20-42(38-43)40-18-5-3-6-19-40)47-25-16-24-45(39-47)58(44-22-7-4-8-23-44)53-31-13-10-26-48(53)49-27-11-14-32-54(49)58/h3-39H,1-2H3. The van der Waals surface area contributed by atoms with Gasteiger partial charge in [0.25, 0.3) is 0 Å². The summed E-state index contributed by atoms with van der Waals surface area (Å²) in [6.07, 6.45) is 0. The molecule has 2 aliphatic carbocycles. The molecule has 0 aromatic heterocycles. The van der Waals surface area contributed by atoms with Crippen LogP contribution in [0.15, 0.2) is 224 Å². The Bertz CT molecular complexity index is 2970. The molecule has 280 valence electrons. The van der Waals surface area contributed by atoms with Crippen molar-refractivity contribution in [2.24, 2.45) is 0 Å². The molecule has 0 unspecified atom stereocenters. The van der Waals surface area contributed by atoms with Crippen molar-refractivity contribution in [2.45, 2.75) is 24.7 Å². The van der Waals surface area contributed by atoms with Crippen LogP contribution in [0.3, 0.4) is 0 Å². The fourth-order valence-corrected chi connectivity index (χ4v) is 10.3. The van der Waals surface area contributed by atoms with Crippen LogP contribution in [0.4, 0.5) is 17.1 Å². The zero-order chi connectivity index (χ0) is 39.6. The maximum atomic E-state index is 2.51. The molecule has 0 bridgehead atoms. The van der Waals surface area contributed by atoms with E-state index in [9.17, 15) is 0 Å². The maximum absolute atomic E-state index is 2.51. The predicted molar refractivity (Wildman–Crippen MR) is 247 cm³/mol. The van der Waals surface area contributed by atoms with E-state index in [0.29, 0.717) is 0 Å². The Balaban J connectivity index is 1.12. The summed E-state index contributed by atoms with van der Waals surface area (Å²) in [5, 5.41) is 0. The molecule has 0 atom stereocenters. The van der Waals surface area contributed by atoms with Gasteiger partial charge in [0.1, 0.15) is 0 Å². The molecule has 2 aliphatic rings. The monoisotopic (exact) mass is 753 g/mol. The lowest BCUT2D eigenvalue weighted by Gasteiger charge is -2.36. The highest BCUT2D eigenvalue weighted by molar-refractivity contribution is 5.92. The molecule has 0 saturated carbocycles. The van der Waals surface area contributed by atoms with Gasteiger partial charge < -0.3 is 4.90 Å². The highest BCUT2D eigenvalue weighted by atomic mass is 15.1. The summed E-state index contributed by atoms with van der Waals surface area (Å²) >= 11 is 0. The van der Waals surface area contributed by atoms with Gasteiger partial charge in [-0.1, -0.05) is 202 Å². The van der Waals surface area contributed by atoms with E-state index in [2.05, 4.69) is 243 Å². The second kappa shape index (κ2) is 13.7. The van der Waals surface area contributed by atoms with Gasteiger partial charge in [0, 0.05) is 16.8 Å². The average Bonchev–Trinajstić information content (AvgIpc) is 3.74. The molecule has 0 N–H and O–H groups in total. The third-order valence-corrected chi connectivity index (χ3v) is 12.9. The van der Waals surface area contributed by atoms with E-state index in [1.807, 2.05) is 0 Å². The number of anilines is 3. The van der Waals surface area contributed by atoms with Crippen LogP contribution in [-0.4, -0.2) is 0 Å². The van der Waals surface area contributed by atoms with Crippen LogP contribution >= 0.6 is 0 Å². The van der Waals surface area contributed by atoms with Gasteiger partial charge in [0.15, 0.2) is 0 Å². The molecule has 0 spiro atoms. The van der Waals surface area contributed by atoms with Gasteiger partial charge >= 0.3 is 0 Å². The Labute approximate surface area is 347 Å². The van der Waals surface area contributed by atoms with Crippen molar-refractivity contribution >= 4 is 17.1 Å². The molecule has 0 heterocycles. The number of rotatable bonds is 7. The summed E-state index contributed by atoms with van der Waals surface area (Å²) in [5.41, 5.74) is 20.6. The molecule has 0 saturated heterocycles. The molecule has 0 aliphatic heterocycles. The smallest absolute Gasteiger partial charge is 0.0714 e. The molecule has 9 aromatic carbocycles. The molecule has 0 amide bonds. The lowest BCUT2D eigenvalue weighted by molar-refractivity contribution is 0.661. The van der Waals surface area contributed by atoms with Crippen molar-refractivity contribution in [1.29, 1.82) is 0 Å². The van der Waals surface area contributed by atoms with Crippen molar-refractivity contribution in [3.8, 4) is 44.5 Å². The minimum Gasteiger partial charge on any atom is -0.310 e. The molecule has 11 rings (SSSR count). The molecular formula is C58H43N. The van der Waals surface area contributed by atoms with E-state index in [1.165, 1.54) is 83.6 Å². The number of fused-ring (bicyclic) bond motifs is 6. The molecule has 1 nitrogen and oxygen atoms in total. The second-order valence-electron chi connectivity index (χ2n) is 16.5. The number of hydrogen-bond donors (Lipinski definition) is 0. The minimum atomic E-state index is -0.502. The van der Waals surface area contributed by atoms with Gasteiger partial charge in [-0.2, -0.15) is 0 Å². The summed E-state index contributed by atoms with van der Waals surface area (Å²) in [4.78, 5) is 2.51. The quantitative estimate of drug-likeness (QED) is 0.157. The Hall–Kier alpha value is -7.22. The van der Waals surface area contributed by atoms with Crippen molar-refractivity contribution in [3.05, 3.63) is 258 Å².